The third kappa shape index (κ3) is 8.61. The SMILES string of the molecule is CCCCCCC(CC)(CCCCCC)OC(=O)c1ccc(C(=O)O)cc1S(=O)(=O)O. The first-order chi connectivity index (χ1) is 14.6. The second-order valence-corrected chi connectivity index (χ2v) is 9.43. The predicted molar refractivity (Wildman–Crippen MR) is 119 cm³/mol. The average Bonchev–Trinajstić information content (AvgIpc) is 2.72. The molecule has 0 saturated carbocycles. The molecule has 0 aliphatic heterocycles. The maximum atomic E-state index is 13.0. The topological polar surface area (TPSA) is 118 Å². The van der Waals surface area contributed by atoms with Gasteiger partial charge in [0.15, 0.2) is 0 Å². The first-order valence-corrected chi connectivity index (χ1v) is 12.6. The summed E-state index contributed by atoms with van der Waals surface area (Å²) in [6.45, 7) is 6.19. The zero-order chi connectivity index (χ0) is 23.5. The van der Waals surface area contributed by atoms with Gasteiger partial charge in [-0.1, -0.05) is 59.3 Å². The van der Waals surface area contributed by atoms with Crippen molar-refractivity contribution in [2.75, 3.05) is 0 Å². The van der Waals surface area contributed by atoms with E-state index in [9.17, 15) is 22.6 Å². The molecule has 31 heavy (non-hydrogen) atoms. The molecule has 1 aromatic carbocycles. The van der Waals surface area contributed by atoms with Crippen LogP contribution >= 0.6 is 0 Å². The molecule has 0 atom stereocenters. The number of hydrogen-bond donors (Lipinski definition) is 2. The van der Waals surface area contributed by atoms with E-state index in [-0.39, 0.29) is 11.1 Å². The minimum Gasteiger partial charge on any atom is -0.478 e. The van der Waals surface area contributed by atoms with E-state index in [0.29, 0.717) is 19.3 Å². The number of carboxylic acid groups (broad SMARTS) is 1. The second-order valence-electron chi connectivity index (χ2n) is 8.04. The van der Waals surface area contributed by atoms with Crippen molar-refractivity contribution >= 4 is 22.1 Å². The molecule has 1 aromatic rings. The molecule has 0 spiro atoms. The lowest BCUT2D eigenvalue weighted by atomic mass is 9.87. The van der Waals surface area contributed by atoms with Gasteiger partial charge in [-0.25, -0.2) is 9.59 Å². The van der Waals surface area contributed by atoms with Gasteiger partial charge in [-0.05, 0) is 50.3 Å². The van der Waals surface area contributed by atoms with Crippen LogP contribution in [0.25, 0.3) is 0 Å². The Kier molecular flexibility index (Phi) is 11.2. The van der Waals surface area contributed by atoms with Gasteiger partial charge < -0.3 is 9.84 Å². The van der Waals surface area contributed by atoms with Gasteiger partial charge >= 0.3 is 11.9 Å². The fourth-order valence-corrected chi connectivity index (χ4v) is 4.39. The zero-order valence-corrected chi connectivity index (χ0v) is 19.7. The maximum Gasteiger partial charge on any atom is 0.340 e. The van der Waals surface area contributed by atoms with E-state index in [4.69, 9.17) is 9.84 Å². The summed E-state index contributed by atoms with van der Waals surface area (Å²) in [6.07, 6.45) is 10.1. The summed E-state index contributed by atoms with van der Waals surface area (Å²) in [4.78, 5) is 23.4. The molecular formula is C23H36O7S. The second kappa shape index (κ2) is 12.8. The van der Waals surface area contributed by atoms with Crippen LogP contribution in [0.5, 0.6) is 0 Å². The molecule has 0 bridgehead atoms. The van der Waals surface area contributed by atoms with Crippen LogP contribution in [0.3, 0.4) is 0 Å². The van der Waals surface area contributed by atoms with Crippen LogP contribution in [0.2, 0.25) is 0 Å². The Morgan fingerprint density at radius 2 is 1.48 bits per heavy atom. The lowest BCUT2D eigenvalue weighted by Gasteiger charge is -2.33. The van der Waals surface area contributed by atoms with Crippen molar-refractivity contribution in [2.24, 2.45) is 0 Å². The Labute approximate surface area is 185 Å². The first-order valence-electron chi connectivity index (χ1n) is 11.2. The standard InChI is InChI=1S/C23H36O7S/c1-4-7-9-11-15-23(6-3,16-12-10-8-5-2)30-22(26)19-14-13-18(21(24)25)17-20(19)31(27,28)29/h13-14,17H,4-12,15-16H2,1-3H3,(H,24,25)(H,27,28,29). The first kappa shape index (κ1) is 27.1. The van der Waals surface area contributed by atoms with E-state index in [2.05, 4.69) is 13.8 Å². The lowest BCUT2D eigenvalue weighted by molar-refractivity contribution is -0.0327. The average molecular weight is 457 g/mol. The molecular weight excluding hydrogens is 420 g/mol. The van der Waals surface area contributed by atoms with Crippen LogP contribution in [0.1, 0.15) is 112 Å². The van der Waals surface area contributed by atoms with Crippen molar-refractivity contribution in [1.82, 2.24) is 0 Å². The van der Waals surface area contributed by atoms with Crippen molar-refractivity contribution in [3.63, 3.8) is 0 Å². The molecule has 2 N–H and O–H groups in total. The minimum atomic E-state index is -4.81. The van der Waals surface area contributed by atoms with Gasteiger partial charge in [-0.3, -0.25) is 4.55 Å². The van der Waals surface area contributed by atoms with Crippen molar-refractivity contribution in [2.45, 2.75) is 102 Å². The van der Waals surface area contributed by atoms with E-state index in [1.807, 2.05) is 6.92 Å². The zero-order valence-electron chi connectivity index (χ0n) is 18.9. The molecule has 0 aliphatic carbocycles. The minimum absolute atomic E-state index is 0.343. The normalized spacial score (nSPS) is 12.0. The Morgan fingerprint density at radius 3 is 1.90 bits per heavy atom. The third-order valence-corrected chi connectivity index (χ3v) is 6.55. The van der Waals surface area contributed by atoms with Crippen LogP contribution in [-0.2, 0) is 14.9 Å². The van der Waals surface area contributed by atoms with Gasteiger partial charge in [0.1, 0.15) is 10.5 Å². The van der Waals surface area contributed by atoms with Crippen LogP contribution in [0, 0.1) is 0 Å². The highest BCUT2D eigenvalue weighted by Crippen LogP contribution is 2.32. The maximum absolute atomic E-state index is 13.0. The number of carboxylic acids is 1. The number of esters is 1. The molecule has 0 aliphatic rings. The number of carbonyl (C=O) groups excluding carboxylic acids is 1. The van der Waals surface area contributed by atoms with Crippen molar-refractivity contribution in [3.8, 4) is 0 Å². The number of unbranched alkanes of at least 4 members (excludes halogenated alkanes) is 6. The predicted octanol–water partition coefficient (Wildman–Crippen LogP) is 5.88. The smallest absolute Gasteiger partial charge is 0.340 e. The van der Waals surface area contributed by atoms with E-state index in [0.717, 1.165) is 69.6 Å². The van der Waals surface area contributed by atoms with E-state index < -0.39 is 32.6 Å². The number of rotatable bonds is 15. The van der Waals surface area contributed by atoms with E-state index in [1.54, 1.807) is 0 Å². The highest BCUT2D eigenvalue weighted by atomic mass is 32.2. The lowest BCUT2D eigenvalue weighted by Crippen LogP contribution is -2.35. The molecule has 0 radical (unpaired) electrons. The van der Waals surface area contributed by atoms with E-state index in [1.165, 1.54) is 0 Å². The highest BCUT2D eigenvalue weighted by Gasteiger charge is 2.34. The molecule has 0 heterocycles. The van der Waals surface area contributed by atoms with Crippen LogP contribution in [0.15, 0.2) is 23.1 Å². The fourth-order valence-electron chi connectivity index (χ4n) is 3.69. The van der Waals surface area contributed by atoms with Gasteiger partial charge in [0.25, 0.3) is 10.1 Å². The van der Waals surface area contributed by atoms with E-state index >= 15 is 0 Å². The van der Waals surface area contributed by atoms with Gasteiger partial charge in [-0.15, -0.1) is 0 Å². The van der Waals surface area contributed by atoms with Crippen LogP contribution in [-0.4, -0.2) is 35.6 Å². The number of carbonyl (C=O) groups is 2. The summed E-state index contributed by atoms with van der Waals surface area (Å²) in [5, 5.41) is 9.12. The Morgan fingerprint density at radius 1 is 0.935 bits per heavy atom. The molecule has 0 aromatic heterocycles. The third-order valence-electron chi connectivity index (χ3n) is 5.65. The monoisotopic (exact) mass is 456 g/mol. The Bertz CT molecular complexity index is 818. The van der Waals surface area contributed by atoms with Crippen molar-refractivity contribution in [3.05, 3.63) is 29.3 Å². The number of aromatic carboxylic acids is 1. The summed E-state index contributed by atoms with van der Waals surface area (Å²) >= 11 is 0. The number of benzene rings is 1. The van der Waals surface area contributed by atoms with Gasteiger partial charge in [0.2, 0.25) is 0 Å². The molecule has 0 fully saturated rings. The number of hydrogen-bond acceptors (Lipinski definition) is 5. The Balaban J connectivity index is 3.19. The van der Waals surface area contributed by atoms with Gasteiger partial charge in [0.05, 0.1) is 11.1 Å². The van der Waals surface area contributed by atoms with Crippen molar-refractivity contribution in [1.29, 1.82) is 0 Å². The summed E-state index contributed by atoms with van der Waals surface area (Å²) < 4.78 is 39.1. The summed E-state index contributed by atoms with van der Waals surface area (Å²) in [6, 6.07) is 3.00. The molecule has 0 unspecified atom stereocenters. The van der Waals surface area contributed by atoms with Gasteiger partial charge in [0, 0.05) is 0 Å². The van der Waals surface area contributed by atoms with Crippen molar-refractivity contribution < 1.29 is 32.4 Å². The molecule has 7 nitrogen and oxygen atoms in total. The fraction of sp³-hybridized carbons (Fsp3) is 0.652. The summed E-state index contributed by atoms with van der Waals surface area (Å²) in [7, 11) is -4.81. The largest absolute Gasteiger partial charge is 0.478 e. The van der Waals surface area contributed by atoms with Crippen LogP contribution in [0.4, 0.5) is 0 Å². The highest BCUT2D eigenvalue weighted by molar-refractivity contribution is 7.86. The molecule has 1 rings (SSSR count). The summed E-state index contributed by atoms with van der Waals surface area (Å²) in [5.41, 5.74) is -1.42. The molecule has 176 valence electrons. The van der Waals surface area contributed by atoms with Crippen LogP contribution < -0.4 is 0 Å². The van der Waals surface area contributed by atoms with Gasteiger partial charge in [-0.2, -0.15) is 8.42 Å². The molecule has 8 heteroatoms. The molecule has 0 saturated heterocycles. The summed E-state index contributed by atoms with van der Waals surface area (Å²) in [5.74, 6) is -2.23. The Hall–Kier alpha value is -1.93. The molecule has 0 amide bonds. The quantitative estimate of drug-likeness (QED) is 0.192. The number of ether oxygens (including phenoxy) is 1.